The van der Waals surface area contributed by atoms with E-state index in [1.165, 1.54) is 6.92 Å². The summed E-state index contributed by atoms with van der Waals surface area (Å²) in [5.41, 5.74) is 0. The molecule has 1 atom stereocenters. The zero-order valence-corrected chi connectivity index (χ0v) is 11.8. The van der Waals surface area contributed by atoms with E-state index in [0.29, 0.717) is 0 Å². The third-order valence-electron chi connectivity index (χ3n) is 2.60. The van der Waals surface area contributed by atoms with Crippen LogP contribution in [0.3, 0.4) is 0 Å². The van der Waals surface area contributed by atoms with Gasteiger partial charge in [0.15, 0.2) is 5.92 Å². The number of rotatable bonds is 7. The van der Waals surface area contributed by atoms with E-state index in [2.05, 4.69) is 5.32 Å². The van der Waals surface area contributed by atoms with Gasteiger partial charge in [-0.2, -0.15) is 26.3 Å². The van der Waals surface area contributed by atoms with Crippen LogP contribution in [-0.4, -0.2) is 45.4 Å². The predicted octanol–water partition coefficient (Wildman–Crippen LogP) is 2.53. The van der Waals surface area contributed by atoms with E-state index in [-0.39, 0.29) is 13.0 Å². The van der Waals surface area contributed by atoms with E-state index in [4.69, 9.17) is 0 Å². The van der Waals surface area contributed by atoms with Crippen molar-refractivity contribution < 1.29 is 34.8 Å². The first-order valence-electron chi connectivity index (χ1n) is 5.83. The molecular formula is C10H17F6NO2S. The largest absolute Gasteiger partial charge is 0.401 e. The molecule has 0 heterocycles. The molecule has 0 spiro atoms. The molecule has 0 aliphatic carbocycles. The minimum atomic E-state index is -5.43. The van der Waals surface area contributed by atoms with Crippen LogP contribution in [0, 0.1) is 5.92 Å². The lowest BCUT2D eigenvalue weighted by molar-refractivity contribution is -0.292. The summed E-state index contributed by atoms with van der Waals surface area (Å²) < 4.78 is 97.2. The van der Waals surface area contributed by atoms with Crippen molar-refractivity contribution in [2.24, 2.45) is 5.92 Å². The Morgan fingerprint density at radius 3 is 1.80 bits per heavy atom. The van der Waals surface area contributed by atoms with Crippen LogP contribution in [0.4, 0.5) is 26.3 Å². The summed E-state index contributed by atoms with van der Waals surface area (Å²) in [7, 11) is -3.42. The van der Waals surface area contributed by atoms with Crippen LogP contribution in [0.15, 0.2) is 0 Å². The van der Waals surface area contributed by atoms with Gasteiger partial charge in [-0.25, -0.2) is 8.42 Å². The van der Waals surface area contributed by atoms with E-state index in [1.807, 2.05) is 0 Å². The first-order chi connectivity index (χ1) is 8.79. The maximum absolute atomic E-state index is 12.6. The third kappa shape index (κ3) is 7.32. The van der Waals surface area contributed by atoms with E-state index < -0.39 is 46.3 Å². The molecule has 0 saturated heterocycles. The number of alkyl halides is 6. The van der Waals surface area contributed by atoms with Crippen LogP contribution < -0.4 is 5.32 Å². The zero-order valence-electron chi connectivity index (χ0n) is 11.0. The summed E-state index contributed by atoms with van der Waals surface area (Å²) in [6.45, 7) is 1.31. The Morgan fingerprint density at radius 1 is 1.05 bits per heavy atom. The van der Waals surface area contributed by atoms with Crippen LogP contribution in [-0.2, 0) is 9.84 Å². The Kier molecular flexibility index (Phi) is 6.79. The van der Waals surface area contributed by atoms with Gasteiger partial charge in [-0.1, -0.05) is 6.92 Å². The molecule has 0 aromatic carbocycles. The van der Waals surface area contributed by atoms with Crippen molar-refractivity contribution in [1.82, 2.24) is 5.32 Å². The highest BCUT2D eigenvalue weighted by molar-refractivity contribution is 7.90. The molecular weight excluding hydrogens is 312 g/mol. The highest BCUT2D eigenvalue weighted by atomic mass is 32.2. The van der Waals surface area contributed by atoms with Gasteiger partial charge in [-0.15, -0.1) is 0 Å². The van der Waals surface area contributed by atoms with Gasteiger partial charge in [0.2, 0.25) is 0 Å². The normalized spacial score (nSPS) is 15.7. The Bertz CT molecular complexity index is 376. The summed E-state index contributed by atoms with van der Waals surface area (Å²) in [6.07, 6.45) is -10.8. The molecule has 0 bridgehead atoms. The van der Waals surface area contributed by atoms with Crippen molar-refractivity contribution in [3.05, 3.63) is 0 Å². The quantitative estimate of drug-likeness (QED) is 0.730. The summed E-state index contributed by atoms with van der Waals surface area (Å²) in [5, 5.41) is 2.15. The zero-order chi connectivity index (χ0) is 16.2. The maximum atomic E-state index is 12.6. The molecule has 0 fully saturated rings. The molecule has 0 saturated carbocycles. The number of halogens is 6. The van der Waals surface area contributed by atoms with Crippen LogP contribution in [0.2, 0.25) is 0 Å². The Balaban J connectivity index is 5.01. The summed E-state index contributed by atoms with van der Waals surface area (Å²) in [4.78, 5) is 0. The van der Waals surface area contributed by atoms with Crippen LogP contribution >= 0.6 is 0 Å². The molecule has 0 aliphatic rings. The molecule has 20 heavy (non-hydrogen) atoms. The fraction of sp³-hybridized carbons (Fsp3) is 1.00. The van der Waals surface area contributed by atoms with Crippen molar-refractivity contribution in [3.8, 4) is 0 Å². The van der Waals surface area contributed by atoms with Gasteiger partial charge in [0.1, 0.15) is 9.84 Å². The van der Waals surface area contributed by atoms with Crippen molar-refractivity contribution in [2.45, 2.75) is 38.2 Å². The number of sulfone groups is 1. The summed E-state index contributed by atoms with van der Waals surface area (Å²) in [5.74, 6) is -3.95. The van der Waals surface area contributed by atoms with Gasteiger partial charge >= 0.3 is 12.4 Å². The predicted molar refractivity (Wildman–Crippen MR) is 62.0 cm³/mol. The Hall–Kier alpha value is -0.510. The van der Waals surface area contributed by atoms with E-state index in [1.54, 1.807) is 0 Å². The Morgan fingerprint density at radius 2 is 1.50 bits per heavy atom. The number of hydrogen-bond acceptors (Lipinski definition) is 3. The molecule has 1 N–H and O–H groups in total. The van der Waals surface area contributed by atoms with Crippen molar-refractivity contribution in [2.75, 3.05) is 18.6 Å². The molecule has 0 aromatic rings. The first kappa shape index (κ1) is 19.5. The first-order valence-corrected chi connectivity index (χ1v) is 7.89. The molecule has 0 amide bonds. The standard InChI is InChI=1S/C10H17F6NO2S/c1-3-17-7(5-4-6-20(2,18)19)8(9(11,12)13)10(14,15)16/h7-8,17H,3-6H2,1-2H3. The van der Waals surface area contributed by atoms with Gasteiger partial charge in [0.05, 0.1) is 0 Å². The minimum Gasteiger partial charge on any atom is -0.313 e. The summed E-state index contributed by atoms with van der Waals surface area (Å²) in [6, 6.07) is -1.89. The fourth-order valence-electron chi connectivity index (χ4n) is 1.86. The second-order valence-corrected chi connectivity index (χ2v) is 6.76. The van der Waals surface area contributed by atoms with Gasteiger partial charge in [-0.3, -0.25) is 0 Å². The van der Waals surface area contributed by atoms with Crippen molar-refractivity contribution in [1.29, 1.82) is 0 Å². The van der Waals surface area contributed by atoms with E-state index >= 15 is 0 Å². The molecule has 10 heteroatoms. The van der Waals surface area contributed by atoms with Crippen LogP contribution in [0.25, 0.3) is 0 Å². The molecule has 0 aliphatic heterocycles. The molecule has 0 rings (SSSR count). The monoisotopic (exact) mass is 329 g/mol. The lowest BCUT2D eigenvalue weighted by Gasteiger charge is -2.31. The highest BCUT2D eigenvalue weighted by Gasteiger charge is 2.59. The average molecular weight is 329 g/mol. The molecule has 3 nitrogen and oxygen atoms in total. The SMILES string of the molecule is CCNC(CCCS(C)(=O)=O)C(C(F)(F)F)C(F)(F)F. The van der Waals surface area contributed by atoms with Crippen molar-refractivity contribution >= 4 is 9.84 Å². The molecule has 1 unspecified atom stereocenters. The highest BCUT2D eigenvalue weighted by Crippen LogP contribution is 2.42. The molecule has 0 aromatic heterocycles. The van der Waals surface area contributed by atoms with Crippen molar-refractivity contribution in [3.63, 3.8) is 0 Å². The number of nitrogens with one attached hydrogen (secondary N) is 1. The van der Waals surface area contributed by atoms with Gasteiger partial charge in [0, 0.05) is 18.1 Å². The topological polar surface area (TPSA) is 46.2 Å². The number of hydrogen-bond donors (Lipinski definition) is 1. The lowest BCUT2D eigenvalue weighted by atomic mass is 9.94. The van der Waals surface area contributed by atoms with E-state index in [9.17, 15) is 34.8 Å². The second kappa shape index (κ2) is 6.97. The summed E-state index contributed by atoms with van der Waals surface area (Å²) >= 11 is 0. The lowest BCUT2D eigenvalue weighted by Crippen LogP contribution is -2.51. The van der Waals surface area contributed by atoms with Crippen LogP contribution in [0.5, 0.6) is 0 Å². The third-order valence-corrected chi connectivity index (χ3v) is 3.63. The maximum Gasteiger partial charge on any atom is 0.401 e. The minimum absolute atomic E-state index is 0.0772. The molecule has 122 valence electrons. The Labute approximate surface area is 113 Å². The smallest absolute Gasteiger partial charge is 0.313 e. The average Bonchev–Trinajstić information content (AvgIpc) is 2.10. The van der Waals surface area contributed by atoms with E-state index in [0.717, 1.165) is 6.26 Å². The van der Waals surface area contributed by atoms with Gasteiger partial charge < -0.3 is 5.32 Å². The fourth-order valence-corrected chi connectivity index (χ4v) is 2.55. The van der Waals surface area contributed by atoms with Gasteiger partial charge in [-0.05, 0) is 19.4 Å². The van der Waals surface area contributed by atoms with Gasteiger partial charge in [0.25, 0.3) is 0 Å². The second-order valence-electron chi connectivity index (χ2n) is 4.50. The van der Waals surface area contributed by atoms with Crippen LogP contribution in [0.1, 0.15) is 19.8 Å². The molecule has 0 radical (unpaired) electrons.